The maximum atomic E-state index is 13.1. The van der Waals surface area contributed by atoms with Crippen LogP contribution in [0.3, 0.4) is 0 Å². The van der Waals surface area contributed by atoms with Crippen LogP contribution >= 0.6 is 0 Å². The predicted octanol–water partition coefficient (Wildman–Crippen LogP) is 1.97. The van der Waals surface area contributed by atoms with Crippen LogP contribution in [-0.4, -0.2) is 30.1 Å². The zero-order chi connectivity index (χ0) is 18.2. The summed E-state index contributed by atoms with van der Waals surface area (Å²) in [6.45, 7) is 1.52. The molecule has 0 saturated carbocycles. The average molecular weight is 344 g/mol. The quantitative estimate of drug-likeness (QED) is 0.718. The Labute approximate surface area is 145 Å². The van der Waals surface area contributed by atoms with E-state index < -0.39 is 23.7 Å². The van der Waals surface area contributed by atoms with E-state index in [1.54, 1.807) is 0 Å². The molecule has 0 fully saturated rings. The average Bonchev–Trinajstić information content (AvgIpc) is 2.64. The summed E-state index contributed by atoms with van der Waals surface area (Å²) in [6.07, 6.45) is 0.905. The zero-order valence-electron chi connectivity index (χ0n) is 14.0. The van der Waals surface area contributed by atoms with Crippen molar-refractivity contribution in [3.63, 3.8) is 0 Å². The normalized spacial score (nSPS) is 11.6. The van der Waals surface area contributed by atoms with Crippen LogP contribution in [0.25, 0.3) is 0 Å². The summed E-state index contributed by atoms with van der Waals surface area (Å²) in [5.41, 5.74) is 2.08. The molecule has 0 aliphatic rings. The van der Waals surface area contributed by atoms with Gasteiger partial charge in [0.05, 0.1) is 19.2 Å². The highest BCUT2D eigenvalue weighted by Crippen LogP contribution is 2.14. The molecule has 0 aliphatic carbocycles. The Bertz CT molecular complexity index is 732. The van der Waals surface area contributed by atoms with E-state index in [4.69, 9.17) is 0 Å². The first-order chi connectivity index (χ1) is 12.0. The molecule has 25 heavy (non-hydrogen) atoms. The van der Waals surface area contributed by atoms with Crippen LogP contribution in [0, 0.1) is 5.82 Å². The SMILES string of the molecule is CCc1ccc(C(CO)NC(=O)CNC(=O)c2cccc(F)c2)cc1. The number of amides is 2. The number of carbonyl (C=O) groups is 2. The number of rotatable bonds is 7. The van der Waals surface area contributed by atoms with Gasteiger partial charge in [0.15, 0.2) is 0 Å². The van der Waals surface area contributed by atoms with Crippen molar-refractivity contribution in [2.75, 3.05) is 13.2 Å². The maximum absolute atomic E-state index is 13.1. The minimum atomic E-state index is -0.551. The van der Waals surface area contributed by atoms with Gasteiger partial charge in [0.25, 0.3) is 5.91 Å². The van der Waals surface area contributed by atoms with Gasteiger partial charge in [-0.15, -0.1) is 0 Å². The Morgan fingerprint density at radius 1 is 1.16 bits per heavy atom. The molecule has 2 amide bonds. The van der Waals surface area contributed by atoms with Crippen molar-refractivity contribution in [1.29, 1.82) is 0 Å². The molecule has 2 aromatic carbocycles. The van der Waals surface area contributed by atoms with Gasteiger partial charge in [-0.2, -0.15) is 0 Å². The molecule has 2 rings (SSSR count). The summed E-state index contributed by atoms with van der Waals surface area (Å²) in [6, 6.07) is 12.2. The number of carbonyl (C=O) groups excluding carboxylic acids is 2. The van der Waals surface area contributed by atoms with Crippen LogP contribution in [0.5, 0.6) is 0 Å². The Morgan fingerprint density at radius 2 is 1.88 bits per heavy atom. The van der Waals surface area contributed by atoms with Crippen molar-refractivity contribution < 1.29 is 19.1 Å². The van der Waals surface area contributed by atoms with E-state index in [2.05, 4.69) is 10.6 Å². The van der Waals surface area contributed by atoms with Crippen LogP contribution in [0.4, 0.5) is 4.39 Å². The van der Waals surface area contributed by atoms with E-state index in [1.807, 2.05) is 31.2 Å². The monoisotopic (exact) mass is 344 g/mol. The number of nitrogens with one attached hydrogen (secondary N) is 2. The van der Waals surface area contributed by atoms with E-state index in [0.717, 1.165) is 23.6 Å². The lowest BCUT2D eigenvalue weighted by atomic mass is 10.0. The van der Waals surface area contributed by atoms with Crippen molar-refractivity contribution >= 4 is 11.8 Å². The van der Waals surface area contributed by atoms with Gasteiger partial charge in [-0.3, -0.25) is 9.59 Å². The van der Waals surface area contributed by atoms with Crippen LogP contribution in [-0.2, 0) is 11.2 Å². The van der Waals surface area contributed by atoms with Gasteiger partial charge in [-0.25, -0.2) is 4.39 Å². The first-order valence-corrected chi connectivity index (χ1v) is 8.06. The van der Waals surface area contributed by atoms with Gasteiger partial charge < -0.3 is 15.7 Å². The molecule has 0 radical (unpaired) electrons. The predicted molar refractivity (Wildman–Crippen MR) is 92.5 cm³/mol. The summed E-state index contributed by atoms with van der Waals surface area (Å²) < 4.78 is 13.1. The fraction of sp³-hybridized carbons (Fsp3) is 0.263. The highest BCUT2D eigenvalue weighted by atomic mass is 19.1. The number of halogens is 1. The molecular weight excluding hydrogens is 323 g/mol. The Balaban J connectivity index is 1.90. The molecule has 5 nitrogen and oxygen atoms in total. The highest BCUT2D eigenvalue weighted by Gasteiger charge is 2.15. The molecule has 0 aromatic heterocycles. The molecule has 1 unspecified atom stereocenters. The van der Waals surface area contributed by atoms with E-state index in [-0.39, 0.29) is 18.7 Å². The number of hydrogen-bond donors (Lipinski definition) is 3. The summed E-state index contributed by atoms with van der Waals surface area (Å²) >= 11 is 0. The fourth-order valence-electron chi connectivity index (χ4n) is 2.36. The molecule has 0 aliphatic heterocycles. The third-order valence-electron chi connectivity index (χ3n) is 3.80. The first kappa shape index (κ1) is 18.6. The summed E-state index contributed by atoms with van der Waals surface area (Å²) in [5.74, 6) is -1.50. The molecule has 0 spiro atoms. The summed E-state index contributed by atoms with van der Waals surface area (Å²) in [5, 5.41) is 14.6. The van der Waals surface area contributed by atoms with Gasteiger partial charge in [0, 0.05) is 5.56 Å². The fourth-order valence-corrected chi connectivity index (χ4v) is 2.36. The van der Waals surface area contributed by atoms with Crippen molar-refractivity contribution in [2.24, 2.45) is 0 Å². The zero-order valence-corrected chi connectivity index (χ0v) is 14.0. The number of hydrogen-bond acceptors (Lipinski definition) is 3. The van der Waals surface area contributed by atoms with Crippen molar-refractivity contribution in [3.05, 3.63) is 71.0 Å². The summed E-state index contributed by atoms with van der Waals surface area (Å²) in [4.78, 5) is 23.9. The highest BCUT2D eigenvalue weighted by molar-refractivity contribution is 5.96. The lowest BCUT2D eigenvalue weighted by Crippen LogP contribution is -2.39. The third-order valence-corrected chi connectivity index (χ3v) is 3.80. The Hall–Kier alpha value is -2.73. The van der Waals surface area contributed by atoms with Gasteiger partial charge in [0.2, 0.25) is 5.91 Å². The van der Waals surface area contributed by atoms with Crippen LogP contribution in [0.2, 0.25) is 0 Å². The van der Waals surface area contributed by atoms with Crippen LogP contribution < -0.4 is 10.6 Å². The van der Waals surface area contributed by atoms with E-state index in [1.165, 1.54) is 18.2 Å². The smallest absolute Gasteiger partial charge is 0.251 e. The second kappa shape index (κ2) is 8.94. The molecule has 0 heterocycles. The summed E-state index contributed by atoms with van der Waals surface area (Å²) in [7, 11) is 0. The lowest BCUT2D eigenvalue weighted by molar-refractivity contribution is -0.121. The topological polar surface area (TPSA) is 78.4 Å². The van der Waals surface area contributed by atoms with E-state index in [0.29, 0.717) is 0 Å². The van der Waals surface area contributed by atoms with Gasteiger partial charge in [0.1, 0.15) is 5.82 Å². The van der Waals surface area contributed by atoms with Gasteiger partial charge in [-0.1, -0.05) is 37.3 Å². The van der Waals surface area contributed by atoms with Gasteiger partial charge >= 0.3 is 0 Å². The van der Waals surface area contributed by atoms with Gasteiger partial charge in [-0.05, 0) is 35.7 Å². The number of aliphatic hydroxyl groups is 1. The largest absolute Gasteiger partial charge is 0.394 e. The van der Waals surface area contributed by atoms with E-state index in [9.17, 15) is 19.1 Å². The van der Waals surface area contributed by atoms with Crippen LogP contribution in [0.1, 0.15) is 34.5 Å². The number of benzene rings is 2. The number of aryl methyl sites for hydroxylation is 1. The van der Waals surface area contributed by atoms with Crippen molar-refractivity contribution in [2.45, 2.75) is 19.4 Å². The lowest BCUT2D eigenvalue weighted by Gasteiger charge is -2.17. The molecule has 0 bridgehead atoms. The standard InChI is InChI=1S/C19H21FN2O3/c1-2-13-6-8-14(9-7-13)17(12-23)22-18(24)11-21-19(25)15-4-3-5-16(20)10-15/h3-10,17,23H,2,11-12H2,1H3,(H,21,25)(H,22,24). The Kier molecular flexibility index (Phi) is 6.65. The van der Waals surface area contributed by atoms with Crippen molar-refractivity contribution in [3.8, 4) is 0 Å². The molecule has 2 aromatic rings. The van der Waals surface area contributed by atoms with E-state index >= 15 is 0 Å². The molecule has 3 N–H and O–H groups in total. The third kappa shape index (κ3) is 5.39. The maximum Gasteiger partial charge on any atom is 0.251 e. The molecular formula is C19H21FN2O3. The van der Waals surface area contributed by atoms with Crippen LogP contribution in [0.15, 0.2) is 48.5 Å². The Morgan fingerprint density at radius 3 is 2.48 bits per heavy atom. The minimum absolute atomic E-state index is 0.140. The molecule has 132 valence electrons. The second-order valence-electron chi connectivity index (χ2n) is 5.59. The van der Waals surface area contributed by atoms with Crippen molar-refractivity contribution in [1.82, 2.24) is 10.6 Å². The molecule has 1 atom stereocenters. The number of aliphatic hydroxyl groups excluding tert-OH is 1. The molecule has 0 saturated heterocycles. The second-order valence-corrected chi connectivity index (χ2v) is 5.59. The minimum Gasteiger partial charge on any atom is -0.394 e. The first-order valence-electron chi connectivity index (χ1n) is 8.06. The molecule has 6 heteroatoms.